The molecule has 1 aromatic carbocycles. The Morgan fingerprint density at radius 1 is 1.15 bits per heavy atom. The van der Waals surface area contributed by atoms with E-state index in [9.17, 15) is 4.79 Å². The van der Waals surface area contributed by atoms with Crippen molar-refractivity contribution in [2.24, 2.45) is 0 Å². The van der Waals surface area contributed by atoms with Gasteiger partial charge in [0.15, 0.2) is 0 Å². The van der Waals surface area contributed by atoms with Gasteiger partial charge in [-0.05, 0) is 34.0 Å². The lowest BCUT2D eigenvalue weighted by atomic mass is 9.99. The van der Waals surface area contributed by atoms with Crippen LogP contribution in [0, 0.1) is 0 Å². The van der Waals surface area contributed by atoms with Gasteiger partial charge in [-0.2, -0.15) is 0 Å². The van der Waals surface area contributed by atoms with Gasteiger partial charge in [-0.15, -0.1) is 5.10 Å². The normalized spacial score (nSPS) is 13.3. The smallest absolute Gasteiger partial charge is 0.222 e. The van der Waals surface area contributed by atoms with Crippen molar-refractivity contribution in [1.82, 2.24) is 30.5 Å². The minimum absolute atomic E-state index is 0.0377. The minimum Gasteiger partial charge on any atom is -0.352 e. The van der Waals surface area contributed by atoms with E-state index < -0.39 is 0 Å². The standard InChI is InChI=1S/C19H21N7O/c27-18(8-11-26-14-22-23-24-26)21-12-16-6-3-9-20-19(16)25-10-7-15-4-1-2-5-17(15)13-25/h1-6,9,14H,7-8,10-13H2,(H,21,27). The monoisotopic (exact) mass is 363 g/mol. The molecule has 0 saturated carbocycles. The predicted molar refractivity (Wildman–Crippen MR) is 99.7 cm³/mol. The molecule has 0 fully saturated rings. The summed E-state index contributed by atoms with van der Waals surface area (Å²) in [6, 6.07) is 12.5. The third-order valence-electron chi connectivity index (χ3n) is 4.73. The molecule has 1 aliphatic rings. The third kappa shape index (κ3) is 4.11. The maximum atomic E-state index is 12.1. The molecule has 8 nitrogen and oxygen atoms in total. The number of amides is 1. The second kappa shape index (κ2) is 7.94. The molecule has 3 aromatic rings. The lowest BCUT2D eigenvalue weighted by molar-refractivity contribution is -0.121. The summed E-state index contributed by atoms with van der Waals surface area (Å²) >= 11 is 0. The number of aromatic nitrogens is 5. The molecule has 1 amide bonds. The van der Waals surface area contributed by atoms with E-state index in [1.165, 1.54) is 17.5 Å². The molecule has 0 spiro atoms. The highest BCUT2D eigenvalue weighted by Gasteiger charge is 2.19. The van der Waals surface area contributed by atoms with Gasteiger partial charge in [-0.1, -0.05) is 30.3 Å². The average Bonchev–Trinajstić information content (AvgIpc) is 3.24. The van der Waals surface area contributed by atoms with Gasteiger partial charge in [-0.25, -0.2) is 9.67 Å². The van der Waals surface area contributed by atoms with Crippen molar-refractivity contribution in [3.63, 3.8) is 0 Å². The van der Waals surface area contributed by atoms with Gasteiger partial charge in [0.2, 0.25) is 5.91 Å². The highest BCUT2D eigenvalue weighted by Crippen LogP contribution is 2.25. The Bertz CT molecular complexity index is 910. The largest absolute Gasteiger partial charge is 0.352 e. The first-order valence-electron chi connectivity index (χ1n) is 9.03. The first-order valence-corrected chi connectivity index (χ1v) is 9.03. The highest BCUT2D eigenvalue weighted by atomic mass is 16.1. The lowest BCUT2D eigenvalue weighted by Crippen LogP contribution is -2.33. The molecule has 1 aliphatic heterocycles. The molecular weight excluding hydrogens is 342 g/mol. The summed E-state index contributed by atoms with van der Waals surface area (Å²) < 4.78 is 1.54. The molecule has 0 bridgehead atoms. The van der Waals surface area contributed by atoms with E-state index >= 15 is 0 Å². The molecule has 138 valence electrons. The number of anilines is 1. The Balaban J connectivity index is 1.39. The van der Waals surface area contributed by atoms with E-state index in [0.717, 1.165) is 30.9 Å². The Hall–Kier alpha value is -3.29. The van der Waals surface area contributed by atoms with Crippen molar-refractivity contribution in [3.8, 4) is 0 Å². The van der Waals surface area contributed by atoms with Gasteiger partial charge in [0.1, 0.15) is 12.1 Å². The fraction of sp³-hybridized carbons (Fsp3) is 0.316. The first kappa shape index (κ1) is 17.1. The van der Waals surface area contributed by atoms with Crippen LogP contribution in [0.2, 0.25) is 0 Å². The summed E-state index contributed by atoms with van der Waals surface area (Å²) in [7, 11) is 0. The summed E-state index contributed by atoms with van der Waals surface area (Å²) in [4.78, 5) is 19.0. The van der Waals surface area contributed by atoms with Crippen LogP contribution in [-0.2, 0) is 30.8 Å². The maximum absolute atomic E-state index is 12.1. The van der Waals surface area contributed by atoms with Crippen LogP contribution in [0.15, 0.2) is 48.9 Å². The molecule has 0 radical (unpaired) electrons. The van der Waals surface area contributed by atoms with Gasteiger partial charge < -0.3 is 10.2 Å². The molecule has 3 heterocycles. The number of nitrogens with one attached hydrogen (secondary N) is 1. The van der Waals surface area contributed by atoms with Gasteiger partial charge in [-0.3, -0.25) is 4.79 Å². The van der Waals surface area contributed by atoms with Gasteiger partial charge >= 0.3 is 0 Å². The van der Waals surface area contributed by atoms with Crippen LogP contribution in [0.3, 0.4) is 0 Å². The molecule has 0 saturated heterocycles. The number of aryl methyl sites for hydroxylation is 1. The third-order valence-corrected chi connectivity index (χ3v) is 4.73. The number of carbonyl (C=O) groups excluding carboxylic acids is 1. The number of hydrogen-bond acceptors (Lipinski definition) is 6. The van der Waals surface area contributed by atoms with Crippen LogP contribution >= 0.6 is 0 Å². The molecule has 8 heteroatoms. The number of fused-ring (bicyclic) bond motifs is 1. The van der Waals surface area contributed by atoms with Gasteiger partial charge in [0.25, 0.3) is 0 Å². The highest BCUT2D eigenvalue weighted by molar-refractivity contribution is 5.76. The molecular formula is C19H21N7O. The van der Waals surface area contributed by atoms with Crippen LogP contribution in [0.25, 0.3) is 0 Å². The number of rotatable bonds is 6. The summed E-state index contributed by atoms with van der Waals surface area (Å²) in [5.41, 5.74) is 3.76. The van der Waals surface area contributed by atoms with E-state index in [1.807, 2.05) is 12.1 Å². The molecule has 27 heavy (non-hydrogen) atoms. The minimum atomic E-state index is -0.0377. The van der Waals surface area contributed by atoms with Crippen LogP contribution in [0.5, 0.6) is 0 Å². The number of benzene rings is 1. The van der Waals surface area contributed by atoms with Crippen LogP contribution < -0.4 is 10.2 Å². The van der Waals surface area contributed by atoms with Crippen molar-refractivity contribution in [2.75, 3.05) is 11.4 Å². The predicted octanol–water partition coefficient (Wildman–Crippen LogP) is 1.34. The van der Waals surface area contributed by atoms with Gasteiger partial charge in [0.05, 0.1) is 6.54 Å². The van der Waals surface area contributed by atoms with E-state index in [0.29, 0.717) is 19.5 Å². The molecule has 0 unspecified atom stereocenters. The fourth-order valence-corrected chi connectivity index (χ4v) is 3.31. The zero-order valence-electron chi connectivity index (χ0n) is 15.0. The Morgan fingerprint density at radius 3 is 2.89 bits per heavy atom. The SMILES string of the molecule is O=C(CCn1cnnn1)NCc1cccnc1N1CCc2ccccc2C1. The Labute approximate surface area is 157 Å². The maximum Gasteiger partial charge on any atom is 0.222 e. The average molecular weight is 363 g/mol. The fourth-order valence-electron chi connectivity index (χ4n) is 3.31. The zero-order valence-corrected chi connectivity index (χ0v) is 15.0. The van der Waals surface area contributed by atoms with Crippen molar-refractivity contribution < 1.29 is 4.79 Å². The second-order valence-corrected chi connectivity index (χ2v) is 6.53. The lowest BCUT2D eigenvalue weighted by Gasteiger charge is -2.31. The molecule has 4 rings (SSSR count). The molecule has 0 aliphatic carbocycles. The van der Waals surface area contributed by atoms with Crippen LogP contribution in [-0.4, -0.2) is 37.6 Å². The van der Waals surface area contributed by atoms with Crippen molar-refractivity contribution in [1.29, 1.82) is 0 Å². The molecule has 2 aromatic heterocycles. The van der Waals surface area contributed by atoms with E-state index in [1.54, 1.807) is 10.9 Å². The summed E-state index contributed by atoms with van der Waals surface area (Å²) in [6.45, 7) is 2.68. The topological polar surface area (TPSA) is 88.8 Å². The number of nitrogens with zero attached hydrogens (tertiary/aromatic N) is 6. The first-order chi connectivity index (χ1) is 13.3. The molecule has 0 atom stereocenters. The summed E-state index contributed by atoms with van der Waals surface area (Å²) in [6.07, 6.45) is 4.64. The van der Waals surface area contributed by atoms with E-state index in [-0.39, 0.29) is 5.91 Å². The van der Waals surface area contributed by atoms with E-state index in [2.05, 4.69) is 55.0 Å². The summed E-state index contributed by atoms with van der Waals surface area (Å²) in [5.74, 6) is 0.900. The van der Waals surface area contributed by atoms with Crippen molar-refractivity contribution >= 4 is 11.7 Å². The number of tetrazole rings is 1. The number of carbonyl (C=O) groups is 1. The quantitative estimate of drug-likeness (QED) is 0.711. The molecule has 1 N–H and O–H groups in total. The van der Waals surface area contributed by atoms with Crippen LogP contribution in [0.1, 0.15) is 23.1 Å². The summed E-state index contributed by atoms with van der Waals surface area (Å²) in [5, 5.41) is 13.9. The Morgan fingerprint density at radius 2 is 2.04 bits per heavy atom. The Kier molecular flexibility index (Phi) is 5.04. The van der Waals surface area contributed by atoms with Crippen molar-refractivity contribution in [2.45, 2.75) is 32.5 Å². The number of hydrogen-bond donors (Lipinski definition) is 1. The van der Waals surface area contributed by atoms with E-state index in [4.69, 9.17) is 0 Å². The van der Waals surface area contributed by atoms with Gasteiger partial charge in [0, 0.05) is 37.8 Å². The zero-order chi connectivity index (χ0) is 18.5. The second-order valence-electron chi connectivity index (χ2n) is 6.53. The van der Waals surface area contributed by atoms with Crippen molar-refractivity contribution in [3.05, 3.63) is 65.6 Å². The number of pyridine rings is 1. The van der Waals surface area contributed by atoms with Crippen LogP contribution in [0.4, 0.5) is 5.82 Å².